The molecule has 35 heavy (non-hydrogen) atoms. The molecular formula is C32H29FN2. The van der Waals surface area contributed by atoms with Gasteiger partial charge in [-0.2, -0.15) is 0 Å². The number of nitrogens with two attached hydrogens (primary N) is 1. The lowest BCUT2D eigenvalue weighted by Crippen LogP contribution is -1.96. The Labute approximate surface area is 206 Å². The van der Waals surface area contributed by atoms with Crippen LogP contribution in [0.3, 0.4) is 0 Å². The first-order valence-electron chi connectivity index (χ1n) is 11.6. The van der Waals surface area contributed by atoms with Crippen LogP contribution in [0, 0.1) is 19.7 Å². The number of benzene rings is 5. The number of nitrogen functional groups attached to an aromatic ring is 1. The van der Waals surface area contributed by atoms with E-state index in [4.69, 9.17) is 5.73 Å². The highest BCUT2D eigenvalue weighted by atomic mass is 19.1. The lowest BCUT2D eigenvalue weighted by atomic mass is 10.0. The normalized spacial score (nSPS) is 10.3. The summed E-state index contributed by atoms with van der Waals surface area (Å²) < 4.78 is 13.8. The molecule has 0 fully saturated rings. The minimum atomic E-state index is -0.248. The van der Waals surface area contributed by atoms with Gasteiger partial charge in [-0.15, -0.1) is 0 Å². The van der Waals surface area contributed by atoms with Crippen LogP contribution in [0.25, 0.3) is 22.3 Å². The molecule has 0 aliphatic heterocycles. The molecule has 0 aliphatic rings. The van der Waals surface area contributed by atoms with Crippen molar-refractivity contribution < 1.29 is 4.39 Å². The Kier molecular flexibility index (Phi) is 7.59. The van der Waals surface area contributed by atoms with Crippen LogP contribution in [-0.2, 0) is 0 Å². The molecule has 0 heterocycles. The summed E-state index contributed by atoms with van der Waals surface area (Å²) >= 11 is 0. The molecule has 5 rings (SSSR count). The van der Waals surface area contributed by atoms with Gasteiger partial charge in [0.05, 0.1) is 5.69 Å². The third-order valence-electron chi connectivity index (χ3n) is 5.87. The van der Waals surface area contributed by atoms with Gasteiger partial charge in [-0.25, -0.2) is 4.39 Å². The van der Waals surface area contributed by atoms with E-state index in [-0.39, 0.29) is 5.82 Å². The maximum atomic E-state index is 13.8. The van der Waals surface area contributed by atoms with E-state index in [9.17, 15) is 4.39 Å². The van der Waals surface area contributed by atoms with Crippen molar-refractivity contribution in [3.63, 3.8) is 0 Å². The van der Waals surface area contributed by atoms with Gasteiger partial charge in [-0.1, -0.05) is 97.1 Å². The molecule has 0 aromatic heterocycles. The monoisotopic (exact) mass is 460 g/mol. The maximum Gasteiger partial charge on any atom is 0.146 e. The zero-order valence-corrected chi connectivity index (χ0v) is 20.0. The molecule has 0 aliphatic carbocycles. The van der Waals surface area contributed by atoms with Crippen LogP contribution in [0.2, 0.25) is 0 Å². The fourth-order valence-corrected chi connectivity index (χ4v) is 3.73. The van der Waals surface area contributed by atoms with Crippen LogP contribution in [0.4, 0.5) is 21.5 Å². The van der Waals surface area contributed by atoms with Crippen LogP contribution in [-0.4, -0.2) is 0 Å². The first-order valence-corrected chi connectivity index (χ1v) is 11.6. The van der Waals surface area contributed by atoms with Gasteiger partial charge in [0.1, 0.15) is 5.82 Å². The van der Waals surface area contributed by atoms with Crippen molar-refractivity contribution in [2.45, 2.75) is 13.8 Å². The zero-order chi connectivity index (χ0) is 24.6. The summed E-state index contributed by atoms with van der Waals surface area (Å²) in [5.41, 5.74) is 15.0. The quantitative estimate of drug-likeness (QED) is 0.263. The van der Waals surface area contributed by atoms with Gasteiger partial charge < -0.3 is 11.1 Å². The lowest BCUT2D eigenvalue weighted by Gasteiger charge is -2.12. The molecule has 5 aromatic rings. The minimum Gasteiger partial charge on any atom is -0.398 e. The molecule has 0 spiro atoms. The van der Waals surface area contributed by atoms with E-state index in [0.29, 0.717) is 5.69 Å². The highest BCUT2D eigenvalue weighted by molar-refractivity contribution is 5.73. The van der Waals surface area contributed by atoms with E-state index in [1.165, 1.54) is 17.2 Å². The van der Waals surface area contributed by atoms with Crippen molar-refractivity contribution >= 4 is 17.1 Å². The smallest absolute Gasteiger partial charge is 0.146 e. The summed E-state index contributed by atoms with van der Waals surface area (Å²) in [5.74, 6) is -0.248. The van der Waals surface area contributed by atoms with Crippen molar-refractivity contribution in [2.24, 2.45) is 0 Å². The second-order valence-electron chi connectivity index (χ2n) is 8.44. The summed E-state index contributed by atoms with van der Waals surface area (Å²) in [6.07, 6.45) is 0. The molecule has 0 bridgehead atoms. The molecule has 5 aromatic carbocycles. The van der Waals surface area contributed by atoms with Crippen molar-refractivity contribution in [1.82, 2.24) is 0 Å². The molecule has 174 valence electrons. The molecule has 0 amide bonds. The number of halogens is 1. The number of rotatable bonds is 4. The van der Waals surface area contributed by atoms with E-state index in [2.05, 4.69) is 53.8 Å². The second-order valence-corrected chi connectivity index (χ2v) is 8.44. The van der Waals surface area contributed by atoms with Crippen LogP contribution in [0.1, 0.15) is 11.1 Å². The van der Waals surface area contributed by atoms with E-state index >= 15 is 0 Å². The number of hydrogen-bond donors (Lipinski definition) is 2. The Balaban J connectivity index is 0.000000179. The summed E-state index contributed by atoms with van der Waals surface area (Å²) in [5, 5.41) is 3.18. The van der Waals surface area contributed by atoms with Crippen molar-refractivity contribution in [1.29, 1.82) is 0 Å². The molecule has 3 N–H and O–H groups in total. The average Bonchev–Trinajstić information content (AvgIpc) is 2.90. The minimum absolute atomic E-state index is 0.248. The Morgan fingerprint density at radius 3 is 1.60 bits per heavy atom. The van der Waals surface area contributed by atoms with Crippen LogP contribution >= 0.6 is 0 Å². The molecule has 0 saturated carbocycles. The third kappa shape index (κ3) is 6.15. The Morgan fingerprint density at radius 2 is 1.03 bits per heavy atom. The van der Waals surface area contributed by atoms with Crippen molar-refractivity contribution in [3.05, 3.63) is 138 Å². The molecule has 0 unspecified atom stereocenters. The van der Waals surface area contributed by atoms with E-state index in [1.54, 1.807) is 12.1 Å². The maximum absolute atomic E-state index is 13.8. The molecule has 0 atom stereocenters. The van der Waals surface area contributed by atoms with Crippen LogP contribution in [0.5, 0.6) is 0 Å². The summed E-state index contributed by atoms with van der Waals surface area (Å²) in [6.45, 7) is 4.03. The van der Waals surface area contributed by atoms with Crippen LogP contribution in [0.15, 0.2) is 121 Å². The first-order chi connectivity index (χ1) is 17.0. The molecule has 0 saturated heterocycles. The Morgan fingerprint density at radius 1 is 0.514 bits per heavy atom. The predicted octanol–water partition coefficient (Wildman–Crippen LogP) is 8.79. The summed E-state index contributed by atoms with van der Waals surface area (Å²) in [7, 11) is 0. The highest BCUT2D eigenvalue weighted by Crippen LogP contribution is 2.28. The Bertz CT molecular complexity index is 1400. The van der Waals surface area contributed by atoms with Crippen molar-refractivity contribution in [2.75, 3.05) is 11.1 Å². The SMILES string of the molecule is Cc1ccc(-c2ccccc2)cc1N.Cc1ccc(-c2ccccc2)cc1Nc1ccccc1F. The fourth-order valence-electron chi connectivity index (χ4n) is 3.73. The molecule has 2 nitrogen and oxygen atoms in total. The van der Waals surface area contributed by atoms with E-state index in [1.807, 2.05) is 68.4 Å². The average molecular weight is 461 g/mol. The van der Waals surface area contributed by atoms with Gasteiger partial charge in [-0.05, 0) is 71.5 Å². The zero-order valence-electron chi connectivity index (χ0n) is 20.0. The molecule has 3 heteroatoms. The summed E-state index contributed by atoms with van der Waals surface area (Å²) in [4.78, 5) is 0. The van der Waals surface area contributed by atoms with Gasteiger partial charge in [0, 0.05) is 11.4 Å². The van der Waals surface area contributed by atoms with Crippen LogP contribution < -0.4 is 11.1 Å². The summed E-state index contributed by atoms with van der Waals surface area (Å²) in [6, 6.07) is 39.5. The lowest BCUT2D eigenvalue weighted by molar-refractivity contribution is 0.632. The predicted molar refractivity (Wildman–Crippen MR) is 147 cm³/mol. The highest BCUT2D eigenvalue weighted by Gasteiger charge is 2.06. The van der Waals surface area contributed by atoms with Gasteiger partial charge in [0.25, 0.3) is 0 Å². The van der Waals surface area contributed by atoms with Gasteiger partial charge in [0.2, 0.25) is 0 Å². The molecule has 0 radical (unpaired) electrons. The molecular weight excluding hydrogens is 431 g/mol. The van der Waals surface area contributed by atoms with Crippen molar-refractivity contribution in [3.8, 4) is 22.3 Å². The van der Waals surface area contributed by atoms with E-state index < -0.39 is 0 Å². The number of anilines is 3. The largest absolute Gasteiger partial charge is 0.398 e. The van der Waals surface area contributed by atoms with Gasteiger partial charge in [-0.3, -0.25) is 0 Å². The fraction of sp³-hybridized carbons (Fsp3) is 0.0625. The standard InChI is InChI=1S/C19H16FN.C13H13N/c1-14-11-12-16(15-7-3-2-4-8-15)13-19(14)21-18-10-6-5-9-17(18)20;1-10-7-8-12(9-13(10)14)11-5-3-2-4-6-11/h2-13,21H,1H3;2-9H,14H2,1H3. The Hall–Kier alpha value is -4.37. The second kappa shape index (κ2) is 11.2. The van der Waals surface area contributed by atoms with E-state index in [0.717, 1.165) is 33.6 Å². The number of aryl methyl sites for hydroxylation is 2. The number of para-hydroxylation sites is 1. The first kappa shape index (κ1) is 23.8. The number of hydrogen-bond acceptors (Lipinski definition) is 2. The van der Waals surface area contributed by atoms with Gasteiger partial charge in [0.15, 0.2) is 0 Å². The number of nitrogens with one attached hydrogen (secondary N) is 1. The third-order valence-corrected chi connectivity index (χ3v) is 5.87. The topological polar surface area (TPSA) is 38.0 Å². The van der Waals surface area contributed by atoms with Gasteiger partial charge >= 0.3 is 0 Å².